The SMILES string of the molecule is Cc1noc(C)c1-c1ccc([N+](=O)[O-])c(NCc2ccccc2)n1. The number of hydrogen-bond donors (Lipinski definition) is 1. The number of anilines is 1. The molecule has 0 radical (unpaired) electrons. The van der Waals surface area contributed by atoms with Crippen LogP contribution in [-0.2, 0) is 6.54 Å². The first-order valence-electron chi connectivity index (χ1n) is 7.42. The summed E-state index contributed by atoms with van der Waals surface area (Å²) in [6.45, 7) is 4.04. The predicted octanol–water partition coefficient (Wildman–Crippen LogP) is 3.87. The number of rotatable bonds is 5. The summed E-state index contributed by atoms with van der Waals surface area (Å²) >= 11 is 0. The maximum atomic E-state index is 11.3. The van der Waals surface area contributed by atoms with Gasteiger partial charge in [0.25, 0.3) is 0 Å². The van der Waals surface area contributed by atoms with E-state index in [-0.39, 0.29) is 11.5 Å². The Balaban J connectivity index is 1.96. The number of benzene rings is 1. The van der Waals surface area contributed by atoms with Gasteiger partial charge in [0, 0.05) is 12.6 Å². The van der Waals surface area contributed by atoms with E-state index in [1.807, 2.05) is 37.3 Å². The van der Waals surface area contributed by atoms with Gasteiger partial charge in [-0.15, -0.1) is 0 Å². The van der Waals surface area contributed by atoms with Crippen molar-refractivity contribution in [1.29, 1.82) is 0 Å². The van der Waals surface area contributed by atoms with Crippen molar-refractivity contribution >= 4 is 11.5 Å². The van der Waals surface area contributed by atoms with Crippen LogP contribution in [0.3, 0.4) is 0 Å². The Hall–Kier alpha value is -3.22. The van der Waals surface area contributed by atoms with E-state index in [1.165, 1.54) is 6.07 Å². The van der Waals surface area contributed by atoms with E-state index in [2.05, 4.69) is 15.5 Å². The van der Waals surface area contributed by atoms with Crippen LogP contribution in [0.1, 0.15) is 17.0 Å². The summed E-state index contributed by atoms with van der Waals surface area (Å²) in [5.41, 5.74) is 2.99. The van der Waals surface area contributed by atoms with Crippen molar-refractivity contribution in [2.45, 2.75) is 20.4 Å². The van der Waals surface area contributed by atoms with Crippen molar-refractivity contribution in [3.05, 3.63) is 69.6 Å². The fourth-order valence-electron chi connectivity index (χ4n) is 2.50. The Morgan fingerprint density at radius 3 is 2.54 bits per heavy atom. The molecule has 0 aliphatic heterocycles. The summed E-state index contributed by atoms with van der Waals surface area (Å²) in [4.78, 5) is 15.2. The second-order valence-corrected chi connectivity index (χ2v) is 5.36. The van der Waals surface area contributed by atoms with E-state index in [1.54, 1.807) is 13.0 Å². The number of nitrogens with zero attached hydrogens (tertiary/aromatic N) is 3. The Bertz CT molecular complexity index is 855. The smallest absolute Gasteiger partial charge is 0.311 e. The molecule has 0 saturated carbocycles. The highest BCUT2D eigenvalue weighted by Gasteiger charge is 2.19. The van der Waals surface area contributed by atoms with Gasteiger partial charge in [-0.05, 0) is 25.5 Å². The zero-order valence-electron chi connectivity index (χ0n) is 13.3. The lowest BCUT2D eigenvalue weighted by Crippen LogP contribution is -2.05. The molecule has 0 saturated heterocycles. The van der Waals surface area contributed by atoms with E-state index >= 15 is 0 Å². The van der Waals surface area contributed by atoms with Crippen LogP contribution in [0.5, 0.6) is 0 Å². The van der Waals surface area contributed by atoms with Gasteiger partial charge in [0.2, 0.25) is 5.82 Å². The normalized spacial score (nSPS) is 10.6. The molecule has 0 fully saturated rings. The van der Waals surface area contributed by atoms with Crippen molar-refractivity contribution in [2.75, 3.05) is 5.32 Å². The third kappa shape index (κ3) is 3.10. The zero-order chi connectivity index (χ0) is 17.1. The lowest BCUT2D eigenvalue weighted by Gasteiger charge is -2.08. The molecule has 1 N–H and O–H groups in total. The Labute approximate surface area is 138 Å². The van der Waals surface area contributed by atoms with Gasteiger partial charge in [-0.2, -0.15) is 0 Å². The molecule has 0 aliphatic rings. The van der Waals surface area contributed by atoms with E-state index in [4.69, 9.17) is 4.52 Å². The standard InChI is InChI=1S/C17H16N4O3/c1-11-16(12(2)24-20-11)14-8-9-15(21(22)23)17(19-14)18-10-13-6-4-3-5-7-13/h3-9H,10H2,1-2H3,(H,18,19). The van der Waals surface area contributed by atoms with Gasteiger partial charge in [-0.25, -0.2) is 4.98 Å². The number of aromatic nitrogens is 2. The average molecular weight is 324 g/mol. The summed E-state index contributed by atoms with van der Waals surface area (Å²) in [5.74, 6) is 0.851. The first-order valence-corrected chi connectivity index (χ1v) is 7.42. The molecule has 3 rings (SSSR count). The van der Waals surface area contributed by atoms with E-state index < -0.39 is 4.92 Å². The van der Waals surface area contributed by atoms with Gasteiger partial charge in [0.05, 0.1) is 21.9 Å². The third-order valence-electron chi connectivity index (χ3n) is 3.66. The van der Waals surface area contributed by atoms with Crippen LogP contribution in [0.25, 0.3) is 11.3 Å². The topological polar surface area (TPSA) is 94.1 Å². The van der Waals surface area contributed by atoms with Crippen molar-refractivity contribution in [3.8, 4) is 11.3 Å². The van der Waals surface area contributed by atoms with Crippen LogP contribution < -0.4 is 5.32 Å². The highest BCUT2D eigenvalue weighted by molar-refractivity contribution is 5.69. The van der Waals surface area contributed by atoms with Crippen LogP contribution in [0.4, 0.5) is 11.5 Å². The zero-order valence-corrected chi connectivity index (χ0v) is 13.3. The molecule has 0 unspecified atom stereocenters. The van der Waals surface area contributed by atoms with Crippen LogP contribution >= 0.6 is 0 Å². The fraction of sp³-hybridized carbons (Fsp3) is 0.176. The summed E-state index contributed by atoms with van der Waals surface area (Å²) < 4.78 is 5.15. The number of hydrogen-bond acceptors (Lipinski definition) is 6. The van der Waals surface area contributed by atoms with Gasteiger partial charge >= 0.3 is 5.69 Å². The van der Waals surface area contributed by atoms with Crippen LogP contribution in [0.15, 0.2) is 47.0 Å². The summed E-state index contributed by atoms with van der Waals surface area (Å²) in [6.07, 6.45) is 0. The molecule has 3 aromatic rings. The first-order chi connectivity index (χ1) is 11.6. The van der Waals surface area contributed by atoms with Crippen LogP contribution in [0.2, 0.25) is 0 Å². The molecule has 2 aromatic heterocycles. The minimum absolute atomic E-state index is 0.0681. The lowest BCUT2D eigenvalue weighted by molar-refractivity contribution is -0.384. The number of aryl methyl sites for hydroxylation is 2. The number of nitro groups is 1. The van der Waals surface area contributed by atoms with E-state index in [0.717, 1.165) is 11.1 Å². The molecular weight excluding hydrogens is 308 g/mol. The second kappa shape index (κ2) is 6.49. The van der Waals surface area contributed by atoms with Crippen molar-refractivity contribution in [3.63, 3.8) is 0 Å². The molecule has 122 valence electrons. The molecule has 0 bridgehead atoms. The summed E-state index contributed by atoms with van der Waals surface area (Å²) in [6, 6.07) is 12.7. The summed E-state index contributed by atoms with van der Waals surface area (Å²) in [7, 11) is 0. The molecule has 7 nitrogen and oxygen atoms in total. The molecule has 2 heterocycles. The fourth-order valence-corrected chi connectivity index (χ4v) is 2.50. The van der Waals surface area contributed by atoms with Gasteiger partial charge in [-0.1, -0.05) is 35.5 Å². The maximum Gasteiger partial charge on any atom is 0.311 e. The molecule has 0 amide bonds. The second-order valence-electron chi connectivity index (χ2n) is 5.36. The number of nitrogens with one attached hydrogen (secondary N) is 1. The van der Waals surface area contributed by atoms with Crippen LogP contribution in [0, 0.1) is 24.0 Å². The first kappa shape index (κ1) is 15.7. The minimum atomic E-state index is -0.447. The van der Waals surface area contributed by atoms with E-state index in [0.29, 0.717) is 23.7 Å². The molecule has 0 spiro atoms. The Morgan fingerprint density at radius 2 is 1.92 bits per heavy atom. The monoisotopic (exact) mass is 324 g/mol. The Kier molecular flexibility index (Phi) is 4.24. The number of pyridine rings is 1. The molecule has 1 aromatic carbocycles. The minimum Gasteiger partial charge on any atom is -0.361 e. The molecular formula is C17H16N4O3. The Morgan fingerprint density at radius 1 is 1.17 bits per heavy atom. The third-order valence-corrected chi connectivity index (χ3v) is 3.66. The summed E-state index contributed by atoms with van der Waals surface area (Å²) in [5, 5.41) is 18.2. The van der Waals surface area contributed by atoms with Gasteiger partial charge in [-0.3, -0.25) is 10.1 Å². The van der Waals surface area contributed by atoms with Gasteiger partial charge in [0.15, 0.2) is 0 Å². The average Bonchev–Trinajstić information content (AvgIpc) is 2.92. The highest BCUT2D eigenvalue weighted by Crippen LogP contribution is 2.30. The molecule has 24 heavy (non-hydrogen) atoms. The largest absolute Gasteiger partial charge is 0.361 e. The van der Waals surface area contributed by atoms with E-state index in [9.17, 15) is 10.1 Å². The molecule has 0 atom stereocenters. The maximum absolute atomic E-state index is 11.3. The van der Waals surface area contributed by atoms with Crippen molar-refractivity contribution in [1.82, 2.24) is 10.1 Å². The molecule has 7 heteroatoms. The van der Waals surface area contributed by atoms with Crippen molar-refractivity contribution in [2.24, 2.45) is 0 Å². The lowest BCUT2D eigenvalue weighted by atomic mass is 10.1. The highest BCUT2D eigenvalue weighted by atomic mass is 16.6. The van der Waals surface area contributed by atoms with Gasteiger partial charge < -0.3 is 9.84 Å². The van der Waals surface area contributed by atoms with Crippen LogP contribution in [-0.4, -0.2) is 15.1 Å². The predicted molar refractivity (Wildman–Crippen MR) is 89.6 cm³/mol. The van der Waals surface area contributed by atoms with Crippen molar-refractivity contribution < 1.29 is 9.45 Å². The quantitative estimate of drug-likeness (QED) is 0.565. The van der Waals surface area contributed by atoms with Gasteiger partial charge in [0.1, 0.15) is 5.76 Å². The molecule has 0 aliphatic carbocycles.